The Morgan fingerprint density at radius 1 is 1.00 bits per heavy atom. The number of halogens is 2. The fourth-order valence-corrected chi connectivity index (χ4v) is 2.32. The van der Waals surface area contributed by atoms with Crippen molar-refractivity contribution < 1.29 is 13.6 Å². The Morgan fingerprint density at radius 2 is 1.65 bits per heavy atom. The topological polar surface area (TPSA) is 66.9 Å². The summed E-state index contributed by atoms with van der Waals surface area (Å²) in [5.41, 5.74) is 1.99. The molecule has 7 heteroatoms. The number of benzene rings is 2. The van der Waals surface area contributed by atoms with E-state index >= 15 is 0 Å². The third-order valence-electron chi connectivity index (χ3n) is 3.81. The Balaban J connectivity index is 1.65. The minimum absolute atomic E-state index is 0.00976. The molecule has 0 radical (unpaired) electrons. The molecule has 0 saturated carbocycles. The van der Waals surface area contributed by atoms with Gasteiger partial charge in [0.2, 0.25) is 5.95 Å². The predicted octanol–water partition coefficient (Wildman–Crippen LogP) is 3.74. The van der Waals surface area contributed by atoms with Crippen molar-refractivity contribution in [1.82, 2.24) is 15.3 Å². The molecule has 1 amide bonds. The van der Waals surface area contributed by atoms with E-state index in [9.17, 15) is 13.6 Å². The molecule has 0 spiro atoms. The summed E-state index contributed by atoms with van der Waals surface area (Å²) in [5.74, 6) is -1.86. The number of para-hydroxylation sites is 1. The maximum absolute atomic E-state index is 13.6. The lowest BCUT2D eigenvalue weighted by Crippen LogP contribution is -2.23. The van der Waals surface area contributed by atoms with E-state index in [2.05, 4.69) is 20.6 Å². The maximum Gasteiger partial charge on any atom is 0.254 e. The van der Waals surface area contributed by atoms with Gasteiger partial charge in [0, 0.05) is 18.9 Å². The van der Waals surface area contributed by atoms with Crippen molar-refractivity contribution in [3.8, 4) is 0 Å². The first-order valence-corrected chi connectivity index (χ1v) is 7.90. The SMILES string of the molecule is Cc1ccccc1CNC(=O)c1cnc(Nc2c(F)cccc2F)nc1. The number of carbonyl (C=O) groups is 1. The van der Waals surface area contributed by atoms with E-state index < -0.39 is 11.6 Å². The van der Waals surface area contributed by atoms with Gasteiger partial charge in [0.1, 0.15) is 17.3 Å². The van der Waals surface area contributed by atoms with E-state index in [0.717, 1.165) is 23.3 Å². The molecule has 26 heavy (non-hydrogen) atoms. The number of nitrogens with zero attached hydrogens (tertiary/aromatic N) is 2. The van der Waals surface area contributed by atoms with E-state index in [1.165, 1.54) is 18.5 Å². The zero-order valence-corrected chi connectivity index (χ0v) is 14.0. The van der Waals surface area contributed by atoms with Crippen molar-refractivity contribution in [2.75, 3.05) is 5.32 Å². The molecule has 0 unspecified atom stereocenters. The Morgan fingerprint density at radius 3 is 2.31 bits per heavy atom. The van der Waals surface area contributed by atoms with Crippen molar-refractivity contribution in [1.29, 1.82) is 0 Å². The van der Waals surface area contributed by atoms with E-state index in [1.54, 1.807) is 0 Å². The molecule has 2 N–H and O–H groups in total. The third kappa shape index (κ3) is 4.00. The Labute approximate surface area is 149 Å². The molecular weight excluding hydrogens is 338 g/mol. The highest BCUT2D eigenvalue weighted by Gasteiger charge is 2.11. The lowest BCUT2D eigenvalue weighted by Gasteiger charge is -2.09. The normalized spacial score (nSPS) is 10.4. The van der Waals surface area contributed by atoms with Crippen molar-refractivity contribution in [2.24, 2.45) is 0 Å². The molecular formula is C19H16F2N4O. The molecule has 0 saturated heterocycles. The van der Waals surface area contributed by atoms with Gasteiger partial charge in [-0.05, 0) is 30.2 Å². The molecule has 0 atom stereocenters. The summed E-state index contributed by atoms with van der Waals surface area (Å²) in [7, 11) is 0. The van der Waals surface area contributed by atoms with Crippen LogP contribution in [-0.2, 0) is 6.54 Å². The third-order valence-corrected chi connectivity index (χ3v) is 3.81. The van der Waals surface area contributed by atoms with Gasteiger partial charge in [0.05, 0.1) is 5.56 Å². The van der Waals surface area contributed by atoms with Crippen molar-refractivity contribution >= 4 is 17.5 Å². The van der Waals surface area contributed by atoms with Crippen LogP contribution in [0.25, 0.3) is 0 Å². The Kier molecular flexibility index (Phi) is 5.17. The first kappa shape index (κ1) is 17.5. The number of rotatable bonds is 5. The van der Waals surface area contributed by atoms with Gasteiger partial charge in [-0.1, -0.05) is 30.3 Å². The van der Waals surface area contributed by atoms with Gasteiger partial charge in [-0.25, -0.2) is 18.7 Å². The number of hydrogen-bond donors (Lipinski definition) is 2. The summed E-state index contributed by atoms with van der Waals surface area (Å²) in [5, 5.41) is 5.25. The lowest BCUT2D eigenvalue weighted by molar-refractivity contribution is 0.0950. The highest BCUT2D eigenvalue weighted by molar-refractivity contribution is 5.93. The van der Waals surface area contributed by atoms with Crippen molar-refractivity contribution in [3.05, 3.63) is 83.2 Å². The molecule has 0 bridgehead atoms. The fourth-order valence-electron chi connectivity index (χ4n) is 2.32. The summed E-state index contributed by atoms with van der Waals surface area (Å²) in [6, 6.07) is 11.2. The molecule has 1 aromatic heterocycles. The summed E-state index contributed by atoms with van der Waals surface area (Å²) in [4.78, 5) is 20.0. The maximum atomic E-state index is 13.6. The van der Waals surface area contributed by atoms with E-state index in [1.807, 2.05) is 31.2 Å². The van der Waals surface area contributed by atoms with Crippen LogP contribution in [0.3, 0.4) is 0 Å². The largest absolute Gasteiger partial charge is 0.348 e. The second-order valence-corrected chi connectivity index (χ2v) is 5.63. The minimum Gasteiger partial charge on any atom is -0.348 e. The molecule has 132 valence electrons. The second-order valence-electron chi connectivity index (χ2n) is 5.63. The zero-order chi connectivity index (χ0) is 18.5. The number of amides is 1. The first-order chi connectivity index (χ1) is 12.5. The van der Waals surface area contributed by atoms with Crippen LogP contribution in [0, 0.1) is 18.6 Å². The Hall–Kier alpha value is -3.35. The number of aryl methyl sites for hydroxylation is 1. The smallest absolute Gasteiger partial charge is 0.254 e. The molecule has 0 fully saturated rings. The average Bonchev–Trinajstić information content (AvgIpc) is 2.64. The second kappa shape index (κ2) is 7.69. The van der Waals surface area contributed by atoms with Crippen LogP contribution in [0.1, 0.15) is 21.5 Å². The Bertz CT molecular complexity index is 909. The predicted molar refractivity (Wildman–Crippen MR) is 94.0 cm³/mol. The minimum atomic E-state index is -0.756. The summed E-state index contributed by atoms with van der Waals surface area (Å²) >= 11 is 0. The van der Waals surface area contributed by atoms with Crippen molar-refractivity contribution in [3.63, 3.8) is 0 Å². The van der Waals surface area contributed by atoms with Gasteiger partial charge in [-0.3, -0.25) is 4.79 Å². The fraction of sp³-hybridized carbons (Fsp3) is 0.105. The highest BCUT2D eigenvalue weighted by Crippen LogP contribution is 2.20. The van der Waals surface area contributed by atoms with Gasteiger partial charge in [0.25, 0.3) is 5.91 Å². The van der Waals surface area contributed by atoms with Crippen LogP contribution in [0.4, 0.5) is 20.4 Å². The number of aromatic nitrogens is 2. The lowest BCUT2D eigenvalue weighted by atomic mass is 10.1. The molecule has 0 aliphatic rings. The summed E-state index contributed by atoms with van der Waals surface area (Å²) < 4.78 is 27.2. The summed E-state index contributed by atoms with van der Waals surface area (Å²) in [6.07, 6.45) is 2.59. The van der Waals surface area contributed by atoms with Gasteiger partial charge in [0.15, 0.2) is 0 Å². The quantitative estimate of drug-likeness (QED) is 0.733. The van der Waals surface area contributed by atoms with Gasteiger partial charge in [-0.15, -0.1) is 0 Å². The van der Waals surface area contributed by atoms with E-state index in [4.69, 9.17) is 0 Å². The van der Waals surface area contributed by atoms with Crippen LogP contribution in [0.2, 0.25) is 0 Å². The zero-order valence-electron chi connectivity index (χ0n) is 14.0. The van der Waals surface area contributed by atoms with Gasteiger partial charge in [-0.2, -0.15) is 0 Å². The molecule has 3 aromatic rings. The van der Waals surface area contributed by atoms with Gasteiger partial charge >= 0.3 is 0 Å². The van der Waals surface area contributed by atoms with Crippen molar-refractivity contribution in [2.45, 2.75) is 13.5 Å². The first-order valence-electron chi connectivity index (χ1n) is 7.90. The number of hydrogen-bond acceptors (Lipinski definition) is 4. The van der Waals surface area contributed by atoms with Crippen LogP contribution in [0.5, 0.6) is 0 Å². The summed E-state index contributed by atoms with van der Waals surface area (Å²) in [6.45, 7) is 2.35. The van der Waals surface area contributed by atoms with Gasteiger partial charge < -0.3 is 10.6 Å². The number of anilines is 2. The standard InChI is InChI=1S/C19H16F2N4O/c1-12-5-2-3-6-13(12)9-22-18(26)14-10-23-19(24-11-14)25-17-15(20)7-4-8-16(17)21/h2-8,10-11H,9H2,1H3,(H,22,26)(H,23,24,25). The number of carbonyl (C=O) groups excluding carboxylic acids is 1. The molecule has 2 aromatic carbocycles. The highest BCUT2D eigenvalue weighted by atomic mass is 19.1. The molecule has 1 heterocycles. The number of nitrogens with one attached hydrogen (secondary N) is 2. The van der Waals surface area contributed by atoms with Crippen LogP contribution >= 0.6 is 0 Å². The molecule has 3 rings (SSSR count). The molecule has 0 aliphatic carbocycles. The van der Waals surface area contributed by atoms with E-state index in [0.29, 0.717) is 6.54 Å². The monoisotopic (exact) mass is 354 g/mol. The van der Waals surface area contributed by atoms with Crippen LogP contribution in [-0.4, -0.2) is 15.9 Å². The molecule has 0 aliphatic heterocycles. The van der Waals surface area contributed by atoms with E-state index in [-0.39, 0.29) is 23.1 Å². The van der Waals surface area contributed by atoms with Crippen LogP contribution in [0.15, 0.2) is 54.9 Å². The van der Waals surface area contributed by atoms with Crippen LogP contribution < -0.4 is 10.6 Å². The molecule has 5 nitrogen and oxygen atoms in total. The average molecular weight is 354 g/mol.